The Morgan fingerprint density at radius 2 is 1.79 bits per heavy atom. The van der Waals surface area contributed by atoms with E-state index in [1.165, 1.54) is 6.92 Å². The van der Waals surface area contributed by atoms with Gasteiger partial charge in [0.05, 0.1) is 5.56 Å². The van der Waals surface area contributed by atoms with Crippen molar-refractivity contribution >= 4 is 33.6 Å². The number of nitrogens with zero attached hydrogens (tertiary/aromatic N) is 1. The lowest BCUT2D eigenvalue weighted by atomic mass is 10.0. The van der Waals surface area contributed by atoms with Gasteiger partial charge in [0.1, 0.15) is 17.1 Å². The number of nitrogens with one attached hydrogen (secondary N) is 1. The van der Waals surface area contributed by atoms with E-state index < -0.39 is 5.97 Å². The van der Waals surface area contributed by atoms with E-state index in [0.29, 0.717) is 34.6 Å². The lowest BCUT2D eigenvalue weighted by molar-refractivity contribution is -0.131. The van der Waals surface area contributed by atoms with Gasteiger partial charge in [0, 0.05) is 36.2 Å². The van der Waals surface area contributed by atoms with Crippen LogP contribution in [0.3, 0.4) is 0 Å². The summed E-state index contributed by atoms with van der Waals surface area (Å²) in [5.41, 5.74) is 1.10. The lowest BCUT2D eigenvalue weighted by Crippen LogP contribution is -2.34. The zero-order chi connectivity index (χ0) is 20.3. The van der Waals surface area contributed by atoms with E-state index in [-0.39, 0.29) is 5.91 Å². The number of fused-ring (bicyclic) bond motifs is 3. The minimum Gasteiger partial charge on any atom is -0.460 e. The third kappa shape index (κ3) is 3.87. The first-order chi connectivity index (χ1) is 13.5. The number of benzene rings is 2. The van der Waals surface area contributed by atoms with Gasteiger partial charge in [-0.2, -0.15) is 0 Å². The van der Waals surface area contributed by atoms with Gasteiger partial charge in [-0.05, 0) is 26.1 Å². The average molecular weight is 382 g/mol. The van der Waals surface area contributed by atoms with Gasteiger partial charge in [-0.1, -0.05) is 38.1 Å². The number of hydrogen-bond acceptors (Lipinski definition) is 5. The third-order valence-electron chi connectivity index (χ3n) is 4.92. The Morgan fingerprint density at radius 3 is 2.43 bits per heavy atom. The summed E-state index contributed by atoms with van der Waals surface area (Å²) in [6.07, 6.45) is 0. The Balaban J connectivity index is 2.01. The Hall–Kier alpha value is -2.86. The summed E-state index contributed by atoms with van der Waals surface area (Å²) in [4.78, 5) is 26.7. The summed E-state index contributed by atoms with van der Waals surface area (Å²) >= 11 is 0. The number of rotatable bonds is 7. The maximum absolute atomic E-state index is 12.9. The minimum absolute atomic E-state index is 0.188. The maximum atomic E-state index is 12.9. The molecule has 1 amide bonds. The highest BCUT2D eigenvalue weighted by molar-refractivity contribution is 6.16. The molecule has 0 spiro atoms. The molecule has 1 aromatic heterocycles. The first kappa shape index (κ1) is 19.9. The normalized spacial score (nSPS) is 11.3. The van der Waals surface area contributed by atoms with E-state index >= 15 is 0 Å². The maximum Gasteiger partial charge on any atom is 0.308 e. The van der Waals surface area contributed by atoms with Crippen LogP contribution in [-0.4, -0.2) is 43.0 Å². The molecule has 3 aromatic rings. The van der Waals surface area contributed by atoms with Crippen LogP contribution >= 0.6 is 0 Å². The fraction of sp³-hybridized carbons (Fsp3) is 0.364. The summed E-state index contributed by atoms with van der Waals surface area (Å²) in [5.74, 6) is 0.372. The Morgan fingerprint density at radius 1 is 1.11 bits per heavy atom. The standard InChI is InChI=1S/C22H26N2O4/c1-5-24(6-2)12-11-23-22(26)20-14(3)27-21-17-10-8-7-9-16(17)19(13-18(20)21)28-15(4)25/h7-10,13H,5-6,11-12H2,1-4H3,(H,23,26). The van der Waals surface area contributed by atoms with Crippen molar-refractivity contribution in [2.45, 2.75) is 27.7 Å². The number of esters is 1. The van der Waals surface area contributed by atoms with Crippen LogP contribution in [0.1, 0.15) is 36.9 Å². The molecule has 148 valence electrons. The second-order valence-corrected chi connectivity index (χ2v) is 6.71. The zero-order valence-electron chi connectivity index (χ0n) is 16.8. The van der Waals surface area contributed by atoms with Crippen molar-refractivity contribution in [3.8, 4) is 5.75 Å². The van der Waals surface area contributed by atoms with Crippen molar-refractivity contribution in [1.29, 1.82) is 0 Å². The van der Waals surface area contributed by atoms with Crippen LogP contribution in [-0.2, 0) is 4.79 Å². The van der Waals surface area contributed by atoms with E-state index in [1.54, 1.807) is 13.0 Å². The number of hydrogen-bond donors (Lipinski definition) is 1. The predicted octanol–water partition coefficient (Wildman–Crippen LogP) is 3.89. The number of ether oxygens (including phenoxy) is 1. The second-order valence-electron chi connectivity index (χ2n) is 6.71. The van der Waals surface area contributed by atoms with Crippen molar-refractivity contribution in [2.24, 2.45) is 0 Å². The molecule has 3 rings (SSSR count). The molecule has 0 saturated heterocycles. The van der Waals surface area contributed by atoms with E-state index in [4.69, 9.17) is 9.15 Å². The van der Waals surface area contributed by atoms with Crippen LogP contribution < -0.4 is 10.1 Å². The Bertz CT molecular complexity index is 1020. The summed E-state index contributed by atoms with van der Waals surface area (Å²) in [6, 6.07) is 9.25. The number of likely N-dealkylation sites (N-methyl/N-ethyl adjacent to an activating group) is 1. The molecule has 28 heavy (non-hydrogen) atoms. The van der Waals surface area contributed by atoms with Crippen molar-refractivity contribution < 1.29 is 18.7 Å². The molecule has 1 heterocycles. The van der Waals surface area contributed by atoms with E-state index in [0.717, 1.165) is 30.4 Å². The van der Waals surface area contributed by atoms with Crippen LogP contribution in [0.15, 0.2) is 34.7 Å². The smallest absolute Gasteiger partial charge is 0.308 e. The number of furan rings is 1. The Kier molecular flexibility index (Phi) is 5.99. The summed E-state index contributed by atoms with van der Waals surface area (Å²) in [5, 5.41) is 5.20. The Labute approximate surface area is 164 Å². The predicted molar refractivity (Wildman–Crippen MR) is 110 cm³/mol. The van der Waals surface area contributed by atoms with Crippen LogP contribution in [0.4, 0.5) is 0 Å². The number of amides is 1. The van der Waals surface area contributed by atoms with E-state index in [1.807, 2.05) is 24.3 Å². The molecule has 0 saturated carbocycles. The highest BCUT2D eigenvalue weighted by atomic mass is 16.5. The van der Waals surface area contributed by atoms with Crippen molar-refractivity contribution in [2.75, 3.05) is 26.2 Å². The van der Waals surface area contributed by atoms with E-state index in [9.17, 15) is 9.59 Å². The molecule has 0 bridgehead atoms. The summed E-state index contributed by atoms with van der Waals surface area (Å²) < 4.78 is 11.4. The lowest BCUT2D eigenvalue weighted by Gasteiger charge is -2.17. The van der Waals surface area contributed by atoms with Crippen molar-refractivity contribution in [3.63, 3.8) is 0 Å². The molecular formula is C22H26N2O4. The molecule has 6 nitrogen and oxygen atoms in total. The van der Waals surface area contributed by atoms with Crippen molar-refractivity contribution in [3.05, 3.63) is 41.7 Å². The highest BCUT2D eigenvalue weighted by Gasteiger charge is 2.22. The largest absolute Gasteiger partial charge is 0.460 e. The molecule has 0 atom stereocenters. The van der Waals surface area contributed by atoms with Gasteiger partial charge < -0.3 is 19.4 Å². The third-order valence-corrected chi connectivity index (χ3v) is 4.92. The highest BCUT2D eigenvalue weighted by Crippen LogP contribution is 2.37. The fourth-order valence-electron chi connectivity index (χ4n) is 3.48. The van der Waals surface area contributed by atoms with Crippen LogP contribution in [0.2, 0.25) is 0 Å². The molecular weight excluding hydrogens is 356 g/mol. The molecule has 0 aliphatic carbocycles. The summed E-state index contributed by atoms with van der Waals surface area (Å²) in [7, 11) is 0. The monoisotopic (exact) mass is 382 g/mol. The fourth-order valence-corrected chi connectivity index (χ4v) is 3.48. The molecule has 0 radical (unpaired) electrons. The number of carbonyl (C=O) groups excluding carboxylic acids is 2. The van der Waals surface area contributed by atoms with Gasteiger partial charge in [-0.25, -0.2) is 0 Å². The molecule has 1 N–H and O–H groups in total. The zero-order valence-corrected chi connectivity index (χ0v) is 16.8. The van der Waals surface area contributed by atoms with Gasteiger partial charge in [-0.3, -0.25) is 9.59 Å². The first-order valence-corrected chi connectivity index (χ1v) is 9.60. The van der Waals surface area contributed by atoms with Gasteiger partial charge >= 0.3 is 5.97 Å². The van der Waals surface area contributed by atoms with Gasteiger partial charge in [0.15, 0.2) is 0 Å². The quantitative estimate of drug-likeness (QED) is 0.496. The molecule has 0 aliphatic heterocycles. The first-order valence-electron chi connectivity index (χ1n) is 9.60. The molecule has 0 unspecified atom stereocenters. The average Bonchev–Trinajstić information content (AvgIpc) is 3.01. The number of carbonyl (C=O) groups is 2. The molecule has 2 aromatic carbocycles. The SMILES string of the molecule is CCN(CC)CCNC(=O)c1c(C)oc2c1cc(OC(C)=O)c1ccccc12. The minimum atomic E-state index is -0.407. The number of aryl methyl sites for hydroxylation is 1. The van der Waals surface area contributed by atoms with Gasteiger partial charge in [0.25, 0.3) is 5.91 Å². The van der Waals surface area contributed by atoms with Gasteiger partial charge in [0.2, 0.25) is 0 Å². The van der Waals surface area contributed by atoms with Crippen LogP contribution in [0.25, 0.3) is 21.7 Å². The topological polar surface area (TPSA) is 71.8 Å². The van der Waals surface area contributed by atoms with E-state index in [2.05, 4.69) is 24.1 Å². The van der Waals surface area contributed by atoms with Crippen LogP contribution in [0.5, 0.6) is 5.75 Å². The second kappa shape index (κ2) is 8.44. The summed E-state index contributed by atoms with van der Waals surface area (Å²) in [6.45, 7) is 10.6. The van der Waals surface area contributed by atoms with Gasteiger partial charge in [-0.15, -0.1) is 0 Å². The molecule has 0 fully saturated rings. The molecule has 0 aliphatic rings. The molecule has 6 heteroatoms. The van der Waals surface area contributed by atoms with Crippen molar-refractivity contribution in [1.82, 2.24) is 10.2 Å². The van der Waals surface area contributed by atoms with Crippen LogP contribution in [0, 0.1) is 6.92 Å².